The van der Waals surface area contributed by atoms with Gasteiger partial charge < -0.3 is 10.1 Å². The van der Waals surface area contributed by atoms with Gasteiger partial charge in [-0.25, -0.2) is 4.98 Å². The fraction of sp³-hybridized carbons (Fsp3) is 0.308. The molecule has 0 spiro atoms. The number of nitrogens with one attached hydrogen (secondary N) is 2. The highest BCUT2D eigenvalue weighted by molar-refractivity contribution is 8.00. The fourth-order valence-electron chi connectivity index (χ4n) is 1.57. The second-order valence-corrected chi connectivity index (χ2v) is 5.83. The van der Waals surface area contributed by atoms with E-state index in [-0.39, 0.29) is 11.7 Å². The maximum atomic E-state index is 12.1. The lowest BCUT2D eigenvalue weighted by Gasteiger charge is -2.12. The van der Waals surface area contributed by atoms with Crippen LogP contribution < -0.4 is 10.1 Å². The monoisotopic (exact) mass is 346 g/mol. The summed E-state index contributed by atoms with van der Waals surface area (Å²) in [5.41, 5.74) is 0.364. The number of aromatic amines is 1. The van der Waals surface area contributed by atoms with Crippen LogP contribution >= 0.6 is 11.8 Å². The Hall–Kier alpha value is -2.23. The number of thioether (sulfide) groups is 1. The van der Waals surface area contributed by atoms with E-state index in [4.69, 9.17) is 0 Å². The molecule has 1 aromatic carbocycles. The van der Waals surface area contributed by atoms with Crippen LogP contribution in [0.1, 0.15) is 12.7 Å². The number of carbonyl (C=O) groups excluding carboxylic acids is 1. The number of amides is 1. The van der Waals surface area contributed by atoms with E-state index >= 15 is 0 Å². The first kappa shape index (κ1) is 17.1. The van der Waals surface area contributed by atoms with Crippen LogP contribution in [-0.4, -0.2) is 32.7 Å². The number of rotatable bonds is 5. The molecule has 0 radical (unpaired) electrons. The second kappa shape index (κ2) is 6.90. The minimum absolute atomic E-state index is 0.318. The van der Waals surface area contributed by atoms with Crippen LogP contribution in [0.3, 0.4) is 0 Å². The molecule has 2 aromatic rings. The molecule has 0 aliphatic rings. The molecule has 0 saturated carbocycles. The van der Waals surface area contributed by atoms with Crippen molar-refractivity contribution in [2.24, 2.45) is 0 Å². The molecule has 1 aromatic heterocycles. The third-order valence-corrected chi connectivity index (χ3v) is 3.54. The van der Waals surface area contributed by atoms with Crippen molar-refractivity contribution in [1.29, 1.82) is 0 Å². The molecule has 1 heterocycles. The van der Waals surface area contributed by atoms with Gasteiger partial charge in [-0.05, 0) is 38.1 Å². The number of hydrogen-bond acceptors (Lipinski definition) is 5. The fourth-order valence-corrected chi connectivity index (χ4v) is 2.34. The van der Waals surface area contributed by atoms with E-state index in [9.17, 15) is 18.0 Å². The average molecular weight is 346 g/mol. The molecule has 10 heteroatoms. The van der Waals surface area contributed by atoms with Crippen LogP contribution in [0.15, 0.2) is 29.4 Å². The molecule has 0 bridgehead atoms. The molecule has 124 valence electrons. The normalized spacial score (nSPS) is 12.7. The van der Waals surface area contributed by atoms with Gasteiger partial charge in [0.2, 0.25) is 11.1 Å². The summed E-state index contributed by atoms with van der Waals surface area (Å²) in [6, 6.07) is 4.90. The van der Waals surface area contributed by atoms with Crippen molar-refractivity contribution in [1.82, 2.24) is 15.2 Å². The number of nitrogens with zero attached hydrogens (tertiary/aromatic N) is 2. The third kappa shape index (κ3) is 5.47. The minimum atomic E-state index is -4.75. The van der Waals surface area contributed by atoms with E-state index in [1.807, 2.05) is 0 Å². The van der Waals surface area contributed by atoms with Gasteiger partial charge in [-0.2, -0.15) is 0 Å². The van der Waals surface area contributed by atoms with Gasteiger partial charge in [-0.3, -0.25) is 9.89 Å². The van der Waals surface area contributed by atoms with Crippen molar-refractivity contribution < 1.29 is 22.7 Å². The summed E-state index contributed by atoms with van der Waals surface area (Å²) in [6.07, 6.45) is -4.75. The first-order chi connectivity index (χ1) is 10.7. The minimum Gasteiger partial charge on any atom is -0.406 e. The van der Waals surface area contributed by atoms with Gasteiger partial charge in [0.1, 0.15) is 11.6 Å². The number of alkyl halides is 3. The lowest BCUT2D eigenvalue weighted by Crippen LogP contribution is -2.22. The number of carbonyl (C=O) groups is 1. The molecule has 0 aliphatic heterocycles. The van der Waals surface area contributed by atoms with E-state index in [1.54, 1.807) is 13.8 Å². The summed E-state index contributed by atoms with van der Waals surface area (Å²) in [6.45, 7) is 3.42. The quantitative estimate of drug-likeness (QED) is 0.813. The molecule has 2 rings (SSSR count). The molecule has 6 nitrogen and oxygen atoms in total. The highest BCUT2D eigenvalue weighted by Crippen LogP contribution is 2.25. The van der Waals surface area contributed by atoms with Gasteiger partial charge in [0.05, 0.1) is 5.25 Å². The number of ether oxygens (including phenoxy) is 1. The predicted molar refractivity (Wildman–Crippen MR) is 78.2 cm³/mol. The van der Waals surface area contributed by atoms with Gasteiger partial charge in [-0.15, -0.1) is 18.3 Å². The molecule has 2 N–H and O–H groups in total. The van der Waals surface area contributed by atoms with Crippen LogP contribution in [0.25, 0.3) is 0 Å². The van der Waals surface area contributed by atoms with Gasteiger partial charge in [0.25, 0.3) is 0 Å². The number of aryl methyl sites for hydroxylation is 1. The Morgan fingerprint density at radius 1 is 1.35 bits per heavy atom. The zero-order valence-corrected chi connectivity index (χ0v) is 13.0. The molecule has 0 fully saturated rings. The summed E-state index contributed by atoms with van der Waals surface area (Å²) in [5.74, 6) is -0.0311. The molecule has 1 atom stereocenters. The van der Waals surface area contributed by atoms with Crippen molar-refractivity contribution in [2.75, 3.05) is 5.32 Å². The van der Waals surface area contributed by atoms with Gasteiger partial charge in [-0.1, -0.05) is 11.8 Å². The number of hydrogen-bond donors (Lipinski definition) is 2. The van der Waals surface area contributed by atoms with Crippen molar-refractivity contribution >= 4 is 23.4 Å². The smallest absolute Gasteiger partial charge is 0.406 e. The zero-order valence-electron chi connectivity index (χ0n) is 12.1. The van der Waals surface area contributed by atoms with Crippen LogP contribution in [0.5, 0.6) is 5.75 Å². The van der Waals surface area contributed by atoms with E-state index in [0.29, 0.717) is 16.7 Å². The Bertz CT molecular complexity index is 673. The van der Waals surface area contributed by atoms with Crippen molar-refractivity contribution in [3.63, 3.8) is 0 Å². The highest BCUT2D eigenvalue weighted by Gasteiger charge is 2.31. The molecular formula is C13H13F3N4O2S. The van der Waals surface area contributed by atoms with Crippen molar-refractivity contribution in [2.45, 2.75) is 30.6 Å². The van der Waals surface area contributed by atoms with Crippen molar-refractivity contribution in [3.05, 3.63) is 30.1 Å². The molecule has 0 saturated heterocycles. The Morgan fingerprint density at radius 3 is 2.52 bits per heavy atom. The van der Waals surface area contributed by atoms with Crippen molar-refractivity contribution in [3.8, 4) is 5.75 Å². The van der Waals surface area contributed by atoms with Crippen LogP contribution in [-0.2, 0) is 4.79 Å². The first-order valence-electron chi connectivity index (χ1n) is 6.45. The second-order valence-electron chi connectivity index (χ2n) is 4.52. The zero-order chi connectivity index (χ0) is 17.0. The Morgan fingerprint density at radius 2 is 2.00 bits per heavy atom. The Labute approximate surface area is 133 Å². The van der Waals surface area contributed by atoms with Gasteiger partial charge >= 0.3 is 6.36 Å². The maximum Gasteiger partial charge on any atom is 0.573 e. The Balaban J connectivity index is 1.91. The number of aromatic nitrogens is 3. The lowest BCUT2D eigenvalue weighted by atomic mass is 10.3. The van der Waals surface area contributed by atoms with Crippen LogP contribution in [0.4, 0.5) is 18.9 Å². The standard InChI is InChI=1S/C13H13F3N4O2S/c1-7(23-12-17-8(2)19-20-12)11(21)18-9-3-5-10(6-4-9)22-13(14,15)16/h3-7H,1-2H3,(H,18,21)(H,17,19,20). The summed E-state index contributed by atoms with van der Waals surface area (Å²) in [7, 11) is 0. The van der Waals surface area contributed by atoms with E-state index in [1.165, 1.54) is 12.1 Å². The van der Waals surface area contributed by atoms with Crippen LogP contribution in [0.2, 0.25) is 0 Å². The molecular weight excluding hydrogens is 333 g/mol. The molecule has 0 aliphatic carbocycles. The Kier molecular flexibility index (Phi) is 5.14. The van der Waals surface area contributed by atoms with Gasteiger partial charge in [0.15, 0.2) is 0 Å². The molecule has 1 amide bonds. The average Bonchev–Trinajstić information content (AvgIpc) is 2.84. The molecule has 1 unspecified atom stereocenters. The third-order valence-electron chi connectivity index (χ3n) is 2.58. The number of anilines is 1. The summed E-state index contributed by atoms with van der Waals surface area (Å²) < 4.78 is 39.9. The number of halogens is 3. The highest BCUT2D eigenvalue weighted by atomic mass is 32.2. The topological polar surface area (TPSA) is 79.9 Å². The summed E-state index contributed by atoms with van der Waals surface area (Å²) in [5, 5.41) is 9.15. The summed E-state index contributed by atoms with van der Waals surface area (Å²) in [4.78, 5) is 16.1. The maximum absolute atomic E-state index is 12.1. The lowest BCUT2D eigenvalue weighted by molar-refractivity contribution is -0.274. The van der Waals surface area contributed by atoms with Gasteiger partial charge in [0, 0.05) is 5.69 Å². The van der Waals surface area contributed by atoms with E-state index in [0.717, 1.165) is 23.9 Å². The van der Waals surface area contributed by atoms with E-state index < -0.39 is 11.6 Å². The van der Waals surface area contributed by atoms with Crippen LogP contribution in [0, 0.1) is 6.92 Å². The molecule has 23 heavy (non-hydrogen) atoms. The number of H-pyrrole nitrogens is 1. The predicted octanol–water partition coefficient (Wildman–Crippen LogP) is 3.13. The number of benzene rings is 1. The summed E-state index contributed by atoms with van der Waals surface area (Å²) >= 11 is 1.16. The first-order valence-corrected chi connectivity index (χ1v) is 7.33. The largest absolute Gasteiger partial charge is 0.573 e. The van der Waals surface area contributed by atoms with E-state index in [2.05, 4.69) is 25.2 Å². The SMILES string of the molecule is Cc1nc(SC(C)C(=O)Nc2ccc(OC(F)(F)F)cc2)n[nH]1.